The summed E-state index contributed by atoms with van der Waals surface area (Å²) in [4.78, 5) is 0. The lowest BCUT2D eigenvalue weighted by molar-refractivity contribution is -0.0962. The molecule has 0 unspecified atom stereocenters. The van der Waals surface area contributed by atoms with Gasteiger partial charge in [-0.3, -0.25) is 0 Å². The van der Waals surface area contributed by atoms with Gasteiger partial charge < -0.3 is 14.2 Å². The lowest BCUT2D eigenvalue weighted by Gasteiger charge is -2.28. The maximum absolute atomic E-state index is 6.13. The molecule has 0 bridgehead atoms. The van der Waals surface area contributed by atoms with Gasteiger partial charge in [-0.2, -0.15) is 0 Å². The van der Waals surface area contributed by atoms with Crippen molar-refractivity contribution in [3.63, 3.8) is 0 Å². The van der Waals surface area contributed by atoms with Crippen molar-refractivity contribution in [3.8, 4) is 5.75 Å². The predicted molar refractivity (Wildman–Crippen MR) is 97.1 cm³/mol. The molecule has 24 heavy (non-hydrogen) atoms. The highest BCUT2D eigenvalue weighted by molar-refractivity contribution is 5.26. The van der Waals surface area contributed by atoms with Gasteiger partial charge >= 0.3 is 0 Å². The molecular weight excluding hydrogens is 300 g/mol. The summed E-state index contributed by atoms with van der Waals surface area (Å²) in [6.07, 6.45) is 0.0827. The van der Waals surface area contributed by atoms with Crippen molar-refractivity contribution in [1.29, 1.82) is 0 Å². The van der Waals surface area contributed by atoms with Crippen LogP contribution in [0.25, 0.3) is 0 Å². The van der Waals surface area contributed by atoms with Crippen LogP contribution in [-0.4, -0.2) is 19.3 Å². The molecule has 0 N–H and O–H groups in total. The molecule has 2 rings (SSSR count). The lowest BCUT2D eigenvalue weighted by atomic mass is 10.0. The van der Waals surface area contributed by atoms with Crippen LogP contribution in [0.2, 0.25) is 0 Å². The Morgan fingerprint density at radius 3 is 1.92 bits per heavy atom. The van der Waals surface area contributed by atoms with E-state index in [-0.39, 0.29) is 12.2 Å². The first-order valence-corrected chi connectivity index (χ1v) is 8.50. The van der Waals surface area contributed by atoms with E-state index in [0.717, 1.165) is 11.3 Å². The maximum atomic E-state index is 6.13. The minimum atomic E-state index is 0.0239. The van der Waals surface area contributed by atoms with Crippen LogP contribution < -0.4 is 4.74 Å². The van der Waals surface area contributed by atoms with Gasteiger partial charge in [0, 0.05) is 0 Å². The minimum Gasteiger partial charge on any atom is -0.497 e. The number of hydrogen-bond donors (Lipinski definition) is 0. The third kappa shape index (κ3) is 5.66. The Labute approximate surface area is 145 Å². The van der Waals surface area contributed by atoms with Crippen LogP contribution in [-0.2, 0) is 22.7 Å². The van der Waals surface area contributed by atoms with Gasteiger partial charge in [-0.25, -0.2) is 0 Å². The highest BCUT2D eigenvalue weighted by atomic mass is 16.5. The smallest absolute Gasteiger partial charge is 0.118 e. The van der Waals surface area contributed by atoms with E-state index in [4.69, 9.17) is 14.2 Å². The topological polar surface area (TPSA) is 27.7 Å². The van der Waals surface area contributed by atoms with Crippen LogP contribution in [0, 0.1) is 5.92 Å². The largest absolute Gasteiger partial charge is 0.497 e. The Bertz CT molecular complexity index is 578. The molecule has 0 saturated heterocycles. The fraction of sp³-hybridized carbons (Fsp3) is 0.429. The molecule has 0 radical (unpaired) electrons. The highest BCUT2D eigenvalue weighted by Gasteiger charge is 2.22. The molecule has 0 aliphatic carbocycles. The van der Waals surface area contributed by atoms with Crippen molar-refractivity contribution in [3.05, 3.63) is 65.7 Å². The van der Waals surface area contributed by atoms with Gasteiger partial charge in [0.05, 0.1) is 32.5 Å². The SMILES string of the molecule is COc1ccc(CO[C@@H](C)[C@H](OCc2ccccc2)C(C)C)cc1. The zero-order chi connectivity index (χ0) is 17.4. The standard InChI is InChI=1S/C21H28O3/c1-16(2)21(24-15-18-8-6-5-7-9-18)17(3)23-14-19-10-12-20(22-4)13-11-19/h5-13,16-17,21H,14-15H2,1-4H3/t17-,21+/m0/s1. The quantitative estimate of drug-likeness (QED) is 0.659. The fourth-order valence-electron chi connectivity index (χ4n) is 2.68. The molecule has 3 nitrogen and oxygen atoms in total. The summed E-state index contributed by atoms with van der Waals surface area (Å²) in [5.41, 5.74) is 2.32. The van der Waals surface area contributed by atoms with Crippen molar-refractivity contribution in [2.45, 2.75) is 46.2 Å². The summed E-state index contributed by atoms with van der Waals surface area (Å²) >= 11 is 0. The van der Waals surface area contributed by atoms with Gasteiger partial charge in [-0.15, -0.1) is 0 Å². The monoisotopic (exact) mass is 328 g/mol. The van der Waals surface area contributed by atoms with E-state index in [9.17, 15) is 0 Å². The molecule has 130 valence electrons. The molecule has 2 atom stereocenters. The van der Waals surface area contributed by atoms with E-state index in [1.807, 2.05) is 42.5 Å². The average Bonchev–Trinajstić information content (AvgIpc) is 2.61. The van der Waals surface area contributed by atoms with Gasteiger partial charge in [0.15, 0.2) is 0 Å². The zero-order valence-corrected chi connectivity index (χ0v) is 15.1. The van der Waals surface area contributed by atoms with Crippen molar-refractivity contribution in [2.24, 2.45) is 5.92 Å². The first-order chi connectivity index (χ1) is 11.6. The lowest BCUT2D eigenvalue weighted by Crippen LogP contribution is -2.33. The summed E-state index contributed by atoms with van der Waals surface area (Å²) in [6.45, 7) is 7.61. The van der Waals surface area contributed by atoms with Gasteiger partial charge in [-0.1, -0.05) is 56.3 Å². The number of ether oxygens (including phenoxy) is 3. The average molecular weight is 328 g/mol. The summed E-state index contributed by atoms with van der Waals surface area (Å²) in [7, 11) is 1.67. The third-order valence-electron chi connectivity index (χ3n) is 4.08. The van der Waals surface area contributed by atoms with Crippen LogP contribution in [0.3, 0.4) is 0 Å². The van der Waals surface area contributed by atoms with E-state index < -0.39 is 0 Å². The second-order valence-corrected chi connectivity index (χ2v) is 6.37. The molecule has 2 aromatic rings. The van der Waals surface area contributed by atoms with Crippen molar-refractivity contribution < 1.29 is 14.2 Å². The molecule has 0 amide bonds. The Balaban J connectivity index is 1.87. The fourth-order valence-corrected chi connectivity index (χ4v) is 2.68. The Morgan fingerprint density at radius 2 is 1.33 bits per heavy atom. The molecule has 0 heterocycles. The van der Waals surface area contributed by atoms with Crippen LogP contribution in [0.1, 0.15) is 31.9 Å². The summed E-state index contributed by atoms with van der Waals surface area (Å²) in [5.74, 6) is 1.25. The van der Waals surface area contributed by atoms with Gasteiger partial charge in [0.2, 0.25) is 0 Å². The van der Waals surface area contributed by atoms with Crippen LogP contribution in [0.15, 0.2) is 54.6 Å². The zero-order valence-electron chi connectivity index (χ0n) is 15.1. The molecule has 0 aromatic heterocycles. The van der Waals surface area contributed by atoms with E-state index in [1.54, 1.807) is 7.11 Å². The second kappa shape index (κ2) is 9.45. The highest BCUT2D eigenvalue weighted by Crippen LogP contribution is 2.18. The molecule has 0 saturated carbocycles. The molecule has 0 fully saturated rings. The number of methoxy groups -OCH3 is 1. The van der Waals surface area contributed by atoms with E-state index >= 15 is 0 Å². The van der Waals surface area contributed by atoms with Gasteiger partial charge in [-0.05, 0) is 36.1 Å². The first-order valence-electron chi connectivity index (χ1n) is 8.50. The minimum absolute atomic E-state index is 0.0239. The molecule has 0 spiro atoms. The molecule has 2 aromatic carbocycles. The number of rotatable bonds is 9. The summed E-state index contributed by atoms with van der Waals surface area (Å²) in [5, 5.41) is 0. The molecule has 0 aliphatic heterocycles. The van der Waals surface area contributed by atoms with Crippen molar-refractivity contribution in [1.82, 2.24) is 0 Å². The molecule has 0 aliphatic rings. The Kier molecular flexibility index (Phi) is 7.29. The first kappa shape index (κ1) is 18.5. The molecular formula is C21H28O3. The van der Waals surface area contributed by atoms with E-state index in [1.165, 1.54) is 5.56 Å². The van der Waals surface area contributed by atoms with Gasteiger partial charge in [0.25, 0.3) is 0 Å². The third-order valence-corrected chi connectivity index (χ3v) is 4.08. The van der Waals surface area contributed by atoms with Crippen molar-refractivity contribution in [2.75, 3.05) is 7.11 Å². The van der Waals surface area contributed by atoms with Crippen LogP contribution in [0.4, 0.5) is 0 Å². The maximum Gasteiger partial charge on any atom is 0.118 e. The van der Waals surface area contributed by atoms with Crippen LogP contribution >= 0.6 is 0 Å². The predicted octanol–water partition coefficient (Wildman–Crippen LogP) is 4.84. The van der Waals surface area contributed by atoms with Gasteiger partial charge in [0.1, 0.15) is 5.75 Å². The molecule has 3 heteroatoms. The van der Waals surface area contributed by atoms with E-state index in [2.05, 4.69) is 32.9 Å². The summed E-state index contributed by atoms with van der Waals surface area (Å²) < 4.78 is 17.4. The Hall–Kier alpha value is -1.84. The van der Waals surface area contributed by atoms with Crippen LogP contribution in [0.5, 0.6) is 5.75 Å². The summed E-state index contributed by atoms with van der Waals surface area (Å²) in [6, 6.07) is 18.2. The second-order valence-electron chi connectivity index (χ2n) is 6.37. The van der Waals surface area contributed by atoms with Crippen molar-refractivity contribution >= 4 is 0 Å². The van der Waals surface area contributed by atoms with E-state index in [0.29, 0.717) is 19.1 Å². The normalized spacial score (nSPS) is 13.7. The number of hydrogen-bond acceptors (Lipinski definition) is 3. The Morgan fingerprint density at radius 1 is 0.750 bits per heavy atom. The number of benzene rings is 2.